The molecule has 15 heavy (non-hydrogen) atoms. The number of nitriles is 1. The van der Waals surface area contributed by atoms with Gasteiger partial charge in [-0.3, -0.25) is 0 Å². The largest absolute Gasteiger partial charge is 0.394 e. The Bertz CT molecular complexity index is 369. The molecule has 0 aliphatic carbocycles. The van der Waals surface area contributed by atoms with Crippen molar-refractivity contribution in [2.75, 3.05) is 11.9 Å². The van der Waals surface area contributed by atoms with Crippen molar-refractivity contribution >= 4 is 21.6 Å². The molecule has 0 aliphatic heterocycles. The summed E-state index contributed by atoms with van der Waals surface area (Å²) in [5.41, 5.74) is 1.51. The number of nitrogens with one attached hydrogen (secondary N) is 1. The number of aliphatic hydroxyl groups is 1. The van der Waals surface area contributed by atoms with Gasteiger partial charge in [0.15, 0.2) is 0 Å². The smallest absolute Gasteiger partial charge is 0.100 e. The number of nitrogens with zero attached hydrogens (tertiary/aromatic N) is 1. The monoisotopic (exact) mass is 268 g/mol. The highest BCUT2D eigenvalue weighted by atomic mass is 79.9. The number of rotatable bonds is 4. The fourth-order valence-corrected chi connectivity index (χ4v) is 1.68. The van der Waals surface area contributed by atoms with Crippen molar-refractivity contribution in [2.24, 2.45) is 0 Å². The van der Waals surface area contributed by atoms with Crippen LogP contribution in [0.1, 0.15) is 18.9 Å². The molecule has 0 heterocycles. The second-order valence-corrected chi connectivity index (χ2v) is 4.09. The molecule has 0 bridgehead atoms. The third-order valence-corrected chi connectivity index (χ3v) is 2.83. The van der Waals surface area contributed by atoms with Crippen LogP contribution in [0, 0.1) is 11.3 Å². The van der Waals surface area contributed by atoms with Crippen LogP contribution in [0.15, 0.2) is 22.7 Å². The maximum Gasteiger partial charge on any atom is 0.100 e. The van der Waals surface area contributed by atoms with Gasteiger partial charge in [0.2, 0.25) is 0 Å². The molecular weight excluding hydrogens is 256 g/mol. The Morgan fingerprint density at radius 3 is 2.80 bits per heavy atom. The van der Waals surface area contributed by atoms with Crippen molar-refractivity contribution in [1.29, 1.82) is 5.26 Å². The van der Waals surface area contributed by atoms with Crippen LogP contribution in [-0.4, -0.2) is 17.8 Å². The standard InChI is InChI=1S/C11H13BrN2O/c1-2-9(7-15)14-10-4-3-8(6-13)11(12)5-10/h3-5,9,14-15H,2,7H2,1H3. The van der Waals surface area contributed by atoms with E-state index in [0.717, 1.165) is 16.6 Å². The van der Waals surface area contributed by atoms with Gasteiger partial charge in [-0.15, -0.1) is 0 Å². The molecule has 0 saturated heterocycles. The molecule has 1 aromatic carbocycles. The van der Waals surface area contributed by atoms with Gasteiger partial charge in [0.1, 0.15) is 6.07 Å². The number of hydrogen-bond acceptors (Lipinski definition) is 3. The van der Waals surface area contributed by atoms with Gasteiger partial charge in [-0.25, -0.2) is 0 Å². The fourth-order valence-electron chi connectivity index (χ4n) is 1.21. The Kier molecular flexibility index (Phi) is 4.60. The minimum absolute atomic E-state index is 0.0600. The average Bonchev–Trinajstić information content (AvgIpc) is 2.26. The highest BCUT2D eigenvalue weighted by molar-refractivity contribution is 9.10. The molecule has 0 fully saturated rings. The first-order valence-corrected chi connectivity index (χ1v) is 5.57. The summed E-state index contributed by atoms with van der Waals surface area (Å²) in [5, 5.41) is 21.0. The normalized spacial score (nSPS) is 11.9. The minimum Gasteiger partial charge on any atom is -0.394 e. The lowest BCUT2D eigenvalue weighted by molar-refractivity contribution is 0.272. The van der Waals surface area contributed by atoms with E-state index in [1.807, 2.05) is 19.1 Å². The summed E-state index contributed by atoms with van der Waals surface area (Å²) < 4.78 is 0.766. The van der Waals surface area contributed by atoms with Crippen LogP contribution in [0.2, 0.25) is 0 Å². The van der Waals surface area contributed by atoms with Crippen molar-refractivity contribution in [1.82, 2.24) is 0 Å². The molecule has 3 nitrogen and oxygen atoms in total. The van der Waals surface area contributed by atoms with E-state index in [1.54, 1.807) is 6.07 Å². The highest BCUT2D eigenvalue weighted by Crippen LogP contribution is 2.21. The second kappa shape index (κ2) is 5.74. The van der Waals surface area contributed by atoms with Crippen LogP contribution in [-0.2, 0) is 0 Å². The fraction of sp³-hybridized carbons (Fsp3) is 0.364. The van der Waals surface area contributed by atoms with Crippen LogP contribution in [0.5, 0.6) is 0 Å². The molecule has 1 unspecified atom stereocenters. The van der Waals surface area contributed by atoms with Crippen LogP contribution in [0.3, 0.4) is 0 Å². The zero-order valence-electron chi connectivity index (χ0n) is 8.50. The Balaban J connectivity index is 2.80. The third kappa shape index (κ3) is 3.22. The van der Waals surface area contributed by atoms with Crippen LogP contribution in [0.4, 0.5) is 5.69 Å². The summed E-state index contributed by atoms with van der Waals surface area (Å²) in [7, 11) is 0. The highest BCUT2D eigenvalue weighted by Gasteiger charge is 2.05. The molecule has 0 aliphatic rings. The topological polar surface area (TPSA) is 56.0 Å². The number of anilines is 1. The molecule has 0 spiro atoms. The molecule has 1 aromatic rings. The molecule has 0 radical (unpaired) electrons. The summed E-state index contributed by atoms with van der Waals surface area (Å²) in [6.07, 6.45) is 0.855. The van der Waals surface area contributed by atoms with Gasteiger partial charge in [0.25, 0.3) is 0 Å². The predicted octanol–water partition coefficient (Wildman–Crippen LogP) is 2.50. The quantitative estimate of drug-likeness (QED) is 0.883. The summed E-state index contributed by atoms with van der Waals surface area (Å²) in [5.74, 6) is 0. The molecule has 4 heteroatoms. The maximum absolute atomic E-state index is 9.03. The molecule has 0 aromatic heterocycles. The average molecular weight is 269 g/mol. The SMILES string of the molecule is CCC(CO)Nc1ccc(C#N)c(Br)c1. The minimum atomic E-state index is 0.0600. The molecule has 2 N–H and O–H groups in total. The Morgan fingerprint density at radius 2 is 2.33 bits per heavy atom. The van der Waals surface area contributed by atoms with E-state index in [-0.39, 0.29) is 12.6 Å². The van der Waals surface area contributed by atoms with E-state index in [4.69, 9.17) is 10.4 Å². The summed E-state index contributed by atoms with van der Waals surface area (Å²) in [6.45, 7) is 2.11. The lowest BCUT2D eigenvalue weighted by atomic mass is 10.2. The van der Waals surface area contributed by atoms with E-state index >= 15 is 0 Å². The van der Waals surface area contributed by atoms with E-state index in [2.05, 4.69) is 27.3 Å². The maximum atomic E-state index is 9.03. The van der Waals surface area contributed by atoms with Crippen molar-refractivity contribution in [3.63, 3.8) is 0 Å². The summed E-state index contributed by atoms with van der Waals surface area (Å²) in [4.78, 5) is 0. The summed E-state index contributed by atoms with van der Waals surface area (Å²) >= 11 is 3.32. The molecule has 1 rings (SSSR count). The first-order chi connectivity index (χ1) is 7.21. The predicted molar refractivity (Wildman–Crippen MR) is 63.6 cm³/mol. The third-order valence-electron chi connectivity index (χ3n) is 2.17. The Hall–Kier alpha value is -1.05. The lowest BCUT2D eigenvalue weighted by Gasteiger charge is -2.15. The van der Waals surface area contributed by atoms with E-state index in [0.29, 0.717) is 5.56 Å². The molecule has 0 saturated carbocycles. The number of benzene rings is 1. The number of hydrogen-bond donors (Lipinski definition) is 2. The zero-order valence-corrected chi connectivity index (χ0v) is 10.1. The molecular formula is C11H13BrN2O. The van der Waals surface area contributed by atoms with Crippen LogP contribution in [0.25, 0.3) is 0 Å². The van der Waals surface area contributed by atoms with E-state index in [1.165, 1.54) is 0 Å². The number of halogens is 1. The Labute approximate surface area is 97.9 Å². The van der Waals surface area contributed by atoms with Gasteiger partial charge in [-0.05, 0) is 40.5 Å². The van der Waals surface area contributed by atoms with E-state index < -0.39 is 0 Å². The van der Waals surface area contributed by atoms with Crippen molar-refractivity contribution in [3.05, 3.63) is 28.2 Å². The van der Waals surface area contributed by atoms with Gasteiger partial charge in [0, 0.05) is 16.2 Å². The second-order valence-electron chi connectivity index (χ2n) is 3.24. The van der Waals surface area contributed by atoms with Crippen LogP contribution < -0.4 is 5.32 Å². The van der Waals surface area contributed by atoms with E-state index in [9.17, 15) is 0 Å². The number of aliphatic hydroxyl groups excluding tert-OH is 1. The van der Waals surface area contributed by atoms with Crippen molar-refractivity contribution in [2.45, 2.75) is 19.4 Å². The lowest BCUT2D eigenvalue weighted by Crippen LogP contribution is -2.22. The molecule has 1 atom stereocenters. The first kappa shape index (κ1) is 12.0. The van der Waals surface area contributed by atoms with Crippen molar-refractivity contribution < 1.29 is 5.11 Å². The van der Waals surface area contributed by atoms with Gasteiger partial charge >= 0.3 is 0 Å². The van der Waals surface area contributed by atoms with Gasteiger partial charge in [-0.2, -0.15) is 5.26 Å². The van der Waals surface area contributed by atoms with Crippen LogP contribution >= 0.6 is 15.9 Å². The Morgan fingerprint density at radius 1 is 1.60 bits per heavy atom. The zero-order chi connectivity index (χ0) is 11.3. The molecule has 0 amide bonds. The summed E-state index contributed by atoms with van der Waals surface area (Å²) in [6, 6.07) is 7.57. The van der Waals surface area contributed by atoms with Gasteiger partial charge in [0.05, 0.1) is 12.2 Å². The molecule has 80 valence electrons. The first-order valence-electron chi connectivity index (χ1n) is 4.78. The van der Waals surface area contributed by atoms with Gasteiger partial charge in [-0.1, -0.05) is 6.92 Å². The van der Waals surface area contributed by atoms with Crippen molar-refractivity contribution in [3.8, 4) is 6.07 Å². The van der Waals surface area contributed by atoms with Gasteiger partial charge < -0.3 is 10.4 Å².